The van der Waals surface area contributed by atoms with Crippen LogP contribution in [0.1, 0.15) is 116 Å². The number of carbonyl (C=O) groups is 10. The molecule has 1 saturated carbocycles. The summed E-state index contributed by atoms with van der Waals surface area (Å²) in [6.45, 7) is 6.17. The highest BCUT2D eigenvalue weighted by molar-refractivity contribution is 5.98. The average Bonchev–Trinajstić information content (AvgIpc) is 2.28. The van der Waals surface area contributed by atoms with Crippen LogP contribution in [0, 0.1) is 17.8 Å². The molecule has 10 amide bonds. The van der Waals surface area contributed by atoms with Crippen molar-refractivity contribution in [1.82, 2.24) is 52.4 Å². The Labute approximate surface area is 512 Å². The van der Waals surface area contributed by atoms with E-state index in [1.54, 1.807) is 30.5 Å². The number of guanidine groups is 1. The number of carbonyl (C=O) groups excluding carboxylic acids is 10. The molecule has 0 unspecified atom stereocenters. The van der Waals surface area contributed by atoms with Crippen molar-refractivity contribution in [3.63, 3.8) is 0 Å². The molecule has 27 heteroatoms. The van der Waals surface area contributed by atoms with Gasteiger partial charge in [0.2, 0.25) is 59.1 Å². The number of β-amino-alcohol motifs (C(OH)–C–C–N with tert-alkyl or cyclic N) is 1. The number of likely N-dealkylation sites (tertiary alicyclic amines) is 1. The van der Waals surface area contributed by atoms with E-state index in [2.05, 4.69) is 52.5 Å². The second-order valence-corrected chi connectivity index (χ2v) is 23.3. The highest BCUT2D eigenvalue weighted by Crippen LogP contribution is 2.28. The molecule has 3 aromatic rings. The number of aromatic nitrogens is 1. The van der Waals surface area contributed by atoms with Crippen molar-refractivity contribution in [1.29, 1.82) is 0 Å². The van der Waals surface area contributed by atoms with Crippen molar-refractivity contribution in [3.8, 4) is 5.75 Å². The first-order chi connectivity index (χ1) is 41.8. The second kappa shape index (κ2) is 34.7. The fraction of sp³-hybridized carbons (Fsp3) is 0.557. The number of aromatic hydroxyl groups is 1. The number of phenolic OH excluding ortho intramolecular Hbond substituents is 1. The number of nitrogens with two attached hydrogens (primary N) is 3. The standard InChI is InChI=1S/C61H90N14O13/c1-34(2)27-39(54(82)70-45(18-12-26-67-61(64)65-5)56(84)72-47(53(63)81)30-40-32-68-44-17-10-9-16-43(40)44)15-11-25-66-55(83)48(28-37-13-7-6-8-14-37)73-59(87)52(35(3)76)74-57(85)46(23-24-51(62)80)71-58(86)50-31-42(79)33-75(50)60(88)49(69-36(4)77)29-38-19-21-41(78)22-20-38/h9-11,15-17,19-22,32,34-35,37,39,42,45-50,52,68,76,78-79H,6-8,12-14,18,23-31,33H2,1-5H3,(H2,62,80)(H2,63,81)(H,66,83)(H,69,77)(H,70,82)(H,71,86)(H,72,84)(H,73,87)(H,74,85)(H3,64,65,67)/t35-,39+,42-,45+,46+,47+,48+,49-,50+,52+/m1/s1. The van der Waals surface area contributed by atoms with Crippen LogP contribution in [-0.4, -0.2) is 171 Å². The smallest absolute Gasteiger partial charge is 0.246 e. The number of aliphatic imine (C=N–C) groups is 1. The Bertz CT molecular complexity index is 2940. The molecule has 482 valence electrons. The van der Waals surface area contributed by atoms with E-state index >= 15 is 0 Å². The topological polar surface area (TPSA) is 437 Å². The maximum Gasteiger partial charge on any atom is 0.246 e. The second-order valence-electron chi connectivity index (χ2n) is 23.3. The maximum atomic E-state index is 14.2. The van der Waals surface area contributed by atoms with Crippen LogP contribution in [0.25, 0.3) is 10.9 Å². The van der Waals surface area contributed by atoms with Gasteiger partial charge in [-0.25, -0.2) is 0 Å². The fourth-order valence-electron chi connectivity index (χ4n) is 11.0. The van der Waals surface area contributed by atoms with Crippen molar-refractivity contribution >= 4 is 75.9 Å². The van der Waals surface area contributed by atoms with Crippen LogP contribution in [0.15, 0.2) is 71.9 Å². The third-order valence-corrected chi connectivity index (χ3v) is 15.7. The van der Waals surface area contributed by atoms with Gasteiger partial charge in [0.1, 0.15) is 48.0 Å². The molecule has 0 bridgehead atoms. The maximum absolute atomic E-state index is 14.2. The van der Waals surface area contributed by atoms with Crippen LogP contribution in [0.4, 0.5) is 0 Å². The van der Waals surface area contributed by atoms with Crippen LogP contribution in [0.3, 0.4) is 0 Å². The quantitative estimate of drug-likeness (QED) is 0.0155. The Hall–Kier alpha value is -8.59. The number of hydrogen-bond donors (Lipinski definition) is 15. The van der Waals surface area contributed by atoms with Gasteiger partial charge in [-0.1, -0.05) is 88.4 Å². The number of aliphatic hydroxyl groups excluding tert-OH is 2. The molecular weight excluding hydrogens is 1140 g/mol. The number of phenols is 1. The van der Waals surface area contributed by atoms with E-state index in [1.807, 2.05) is 38.1 Å². The van der Waals surface area contributed by atoms with Gasteiger partial charge in [-0.3, -0.25) is 52.9 Å². The Morgan fingerprint density at radius 3 is 2.06 bits per heavy atom. The third kappa shape index (κ3) is 22.3. The molecule has 0 radical (unpaired) electrons. The van der Waals surface area contributed by atoms with E-state index in [0.29, 0.717) is 24.9 Å². The summed E-state index contributed by atoms with van der Waals surface area (Å²) in [5.41, 5.74) is 19.3. The zero-order chi connectivity index (χ0) is 64.6. The number of rotatable bonds is 33. The summed E-state index contributed by atoms with van der Waals surface area (Å²) < 4.78 is 0. The van der Waals surface area contributed by atoms with E-state index < -0.39 is 126 Å². The molecular formula is C61H90N14O13. The molecule has 27 nitrogen and oxygen atoms in total. The van der Waals surface area contributed by atoms with E-state index in [9.17, 15) is 63.3 Å². The molecule has 0 spiro atoms. The minimum Gasteiger partial charge on any atom is -0.508 e. The predicted octanol–water partition coefficient (Wildman–Crippen LogP) is -0.700. The molecule has 18 N–H and O–H groups in total. The minimum atomic E-state index is -1.71. The summed E-state index contributed by atoms with van der Waals surface area (Å²) in [6, 6.07) is 4.11. The fourth-order valence-corrected chi connectivity index (χ4v) is 11.0. The highest BCUT2D eigenvalue weighted by Gasteiger charge is 2.43. The SMILES string of the molecule is CN=C(N)NCCC[C@H](NC(=O)[C@@H](C=CCNC(=O)[C@H](CC1CCCCC1)NC(=O)[C@@H](NC(=O)[C@H](CCC(N)=O)NC(=O)[C@@H]1C[C@@H](O)CN1C(=O)[C@@H](Cc1ccc(O)cc1)NC(C)=O)[C@@H](C)O)CC(C)C)C(=O)N[C@@H](Cc1c[nH]c2ccccc12)C(N)=O. The van der Waals surface area contributed by atoms with E-state index in [0.717, 1.165) is 53.5 Å². The van der Waals surface area contributed by atoms with Crippen molar-refractivity contribution in [2.45, 2.75) is 172 Å². The number of nitrogens with one attached hydrogen (secondary N) is 9. The van der Waals surface area contributed by atoms with Gasteiger partial charge >= 0.3 is 0 Å². The summed E-state index contributed by atoms with van der Waals surface area (Å²) in [7, 11) is 1.52. The summed E-state index contributed by atoms with van der Waals surface area (Å²) >= 11 is 0. The van der Waals surface area contributed by atoms with Gasteiger partial charge in [0.05, 0.1) is 18.1 Å². The molecule has 5 rings (SSSR count). The van der Waals surface area contributed by atoms with Crippen molar-refractivity contribution in [2.24, 2.45) is 39.9 Å². The monoisotopic (exact) mass is 1230 g/mol. The summed E-state index contributed by atoms with van der Waals surface area (Å²) in [5.74, 6) is -8.13. The van der Waals surface area contributed by atoms with Gasteiger partial charge in [-0.15, -0.1) is 0 Å². The number of amides is 10. The summed E-state index contributed by atoms with van der Waals surface area (Å²) in [4.78, 5) is 144. The number of aromatic amines is 1. The largest absolute Gasteiger partial charge is 0.508 e. The number of H-pyrrole nitrogens is 1. The van der Waals surface area contributed by atoms with Crippen LogP contribution < -0.4 is 59.7 Å². The van der Waals surface area contributed by atoms with Gasteiger partial charge in [0.25, 0.3) is 0 Å². The molecule has 1 saturated heterocycles. The van der Waals surface area contributed by atoms with Crippen LogP contribution in [-0.2, 0) is 60.8 Å². The van der Waals surface area contributed by atoms with Gasteiger partial charge in [0, 0.05) is 76.4 Å². The Morgan fingerprint density at radius 2 is 1.41 bits per heavy atom. The van der Waals surface area contributed by atoms with Crippen LogP contribution in [0.5, 0.6) is 5.75 Å². The number of hydrogen-bond acceptors (Lipinski definition) is 14. The number of nitrogens with zero attached hydrogens (tertiary/aromatic N) is 2. The van der Waals surface area contributed by atoms with Gasteiger partial charge < -0.3 is 84.9 Å². The van der Waals surface area contributed by atoms with Crippen LogP contribution in [0.2, 0.25) is 0 Å². The number of aliphatic hydroxyl groups is 2. The molecule has 2 aromatic carbocycles. The molecule has 2 heterocycles. The van der Waals surface area contributed by atoms with E-state index in [1.165, 1.54) is 33.0 Å². The Balaban J connectivity index is 1.28. The molecule has 2 fully saturated rings. The first-order valence-corrected chi connectivity index (χ1v) is 30.1. The first-order valence-electron chi connectivity index (χ1n) is 30.1. The van der Waals surface area contributed by atoms with Gasteiger partial charge in [-0.05, 0) is 80.2 Å². The van der Waals surface area contributed by atoms with Gasteiger partial charge in [0.15, 0.2) is 5.96 Å². The van der Waals surface area contributed by atoms with Gasteiger partial charge in [-0.2, -0.15) is 0 Å². The lowest BCUT2D eigenvalue weighted by atomic mass is 9.84. The predicted molar refractivity (Wildman–Crippen MR) is 328 cm³/mol. The lowest BCUT2D eigenvalue weighted by Crippen LogP contribution is -2.61. The van der Waals surface area contributed by atoms with E-state index in [4.69, 9.17) is 17.2 Å². The minimum absolute atomic E-state index is 0.00749. The summed E-state index contributed by atoms with van der Waals surface area (Å²) in [5, 5.41) is 54.0. The Morgan fingerprint density at radius 1 is 0.750 bits per heavy atom. The number of para-hydroxylation sites is 1. The molecule has 1 aliphatic carbocycles. The molecule has 10 atom stereocenters. The van der Waals surface area contributed by atoms with Crippen molar-refractivity contribution < 1.29 is 63.3 Å². The zero-order valence-corrected chi connectivity index (χ0v) is 50.9. The number of primary amides is 2. The lowest BCUT2D eigenvalue weighted by molar-refractivity contribution is -0.142. The van der Waals surface area contributed by atoms with Crippen LogP contribution >= 0.6 is 0 Å². The normalized spacial score (nSPS) is 18.2. The molecule has 1 aliphatic heterocycles. The lowest BCUT2D eigenvalue weighted by Gasteiger charge is -2.31. The molecule has 88 heavy (non-hydrogen) atoms. The first kappa shape index (κ1) is 70.2. The van der Waals surface area contributed by atoms with Crippen molar-refractivity contribution in [2.75, 3.05) is 26.7 Å². The Kier molecular flexibility index (Phi) is 27.6. The summed E-state index contributed by atoms with van der Waals surface area (Å²) in [6.07, 6.45) is 6.55. The highest BCUT2D eigenvalue weighted by atomic mass is 16.3. The number of fused-ring (bicyclic) bond motifs is 1. The number of benzene rings is 2. The molecule has 1 aromatic heterocycles. The third-order valence-electron chi connectivity index (χ3n) is 15.7. The molecule has 2 aliphatic rings. The van der Waals surface area contributed by atoms with E-state index in [-0.39, 0.29) is 75.2 Å². The van der Waals surface area contributed by atoms with Crippen molar-refractivity contribution in [3.05, 3.63) is 78.0 Å². The average molecular weight is 1230 g/mol. The zero-order valence-electron chi connectivity index (χ0n) is 50.9.